The normalized spacial score (nSPS) is 12.9. The SMILES string of the molecule is CCCCCCC(C)NCc1csc(C)n1. The largest absolute Gasteiger partial charge is 0.309 e. The average molecular weight is 240 g/mol. The molecule has 92 valence electrons. The van der Waals surface area contributed by atoms with E-state index >= 15 is 0 Å². The van der Waals surface area contributed by atoms with Gasteiger partial charge in [0.05, 0.1) is 10.7 Å². The van der Waals surface area contributed by atoms with Gasteiger partial charge in [-0.05, 0) is 20.3 Å². The quantitative estimate of drug-likeness (QED) is 0.697. The Bertz CT molecular complexity index is 283. The number of hydrogen-bond donors (Lipinski definition) is 1. The van der Waals surface area contributed by atoms with Crippen molar-refractivity contribution < 1.29 is 0 Å². The Morgan fingerprint density at radius 1 is 1.38 bits per heavy atom. The van der Waals surface area contributed by atoms with Crippen LogP contribution < -0.4 is 5.32 Å². The van der Waals surface area contributed by atoms with Gasteiger partial charge in [0.1, 0.15) is 0 Å². The predicted molar refractivity (Wildman–Crippen MR) is 71.9 cm³/mol. The Morgan fingerprint density at radius 3 is 2.81 bits per heavy atom. The Balaban J connectivity index is 2.08. The van der Waals surface area contributed by atoms with Crippen molar-refractivity contribution in [3.63, 3.8) is 0 Å². The Labute approximate surface area is 103 Å². The van der Waals surface area contributed by atoms with Crippen LogP contribution in [0.4, 0.5) is 0 Å². The molecule has 1 unspecified atom stereocenters. The molecule has 1 rings (SSSR count). The van der Waals surface area contributed by atoms with Gasteiger partial charge in [0.15, 0.2) is 0 Å². The first kappa shape index (κ1) is 13.7. The van der Waals surface area contributed by atoms with Crippen molar-refractivity contribution in [2.45, 2.75) is 65.5 Å². The minimum atomic E-state index is 0.610. The Hall–Kier alpha value is -0.410. The van der Waals surface area contributed by atoms with Crippen LogP contribution in [0.2, 0.25) is 0 Å². The van der Waals surface area contributed by atoms with E-state index in [0.29, 0.717) is 6.04 Å². The zero-order valence-corrected chi connectivity index (χ0v) is 11.6. The van der Waals surface area contributed by atoms with Crippen LogP contribution in [0.25, 0.3) is 0 Å². The number of aromatic nitrogens is 1. The van der Waals surface area contributed by atoms with Gasteiger partial charge in [0.2, 0.25) is 0 Å². The van der Waals surface area contributed by atoms with Gasteiger partial charge in [-0.3, -0.25) is 0 Å². The van der Waals surface area contributed by atoms with Crippen LogP contribution >= 0.6 is 11.3 Å². The third kappa shape index (κ3) is 5.61. The molecule has 0 amide bonds. The molecular formula is C13H24N2S. The molecule has 0 saturated heterocycles. The number of thiazole rings is 1. The molecule has 1 atom stereocenters. The van der Waals surface area contributed by atoms with Crippen molar-refractivity contribution in [1.82, 2.24) is 10.3 Å². The lowest BCUT2D eigenvalue weighted by Crippen LogP contribution is -2.25. The van der Waals surface area contributed by atoms with Crippen molar-refractivity contribution in [3.05, 3.63) is 16.1 Å². The van der Waals surface area contributed by atoms with Crippen LogP contribution in [-0.4, -0.2) is 11.0 Å². The maximum absolute atomic E-state index is 4.45. The summed E-state index contributed by atoms with van der Waals surface area (Å²) in [5.74, 6) is 0. The van der Waals surface area contributed by atoms with E-state index in [1.807, 2.05) is 0 Å². The van der Waals surface area contributed by atoms with E-state index in [0.717, 1.165) is 11.6 Å². The minimum absolute atomic E-state index is 0.610. The van der Waals surface area contributed by atoms with Crippen LogP contribution in [0, 0.1) is 6.92 Å². The molecule has 1 aromatic heterocycles. The number of aryl methyl sites for hydroxylation is 1. The summed E-state index contributed by atoms with van der Waals surface area (Å²) >= 11 is 1.73. The first-order chi connectivity index (χ1) is 7.72. The number of nitrogens with zero attached hydrogens (tertiary/aromatic N) is 1. The summed E-state index contributed by atoms with van der Waals surface area (Å²) in [6, 6.07) is 0.610. The molecule has 0 fully saturated rings. The Kier molecular flexibility index (Phi) is 6.65. The molecule has 0 aromatic carbocycles. The van der Waals surface area contributed by atoms with E-state index in [-0.39, 0.29) is 0 Å². The van der Waals surface area contributed by atoms with Gasteiger partial charge >= 0.3 is 0 Å². The molecule has 0 aliphatic heterocycles. The van der Waals surface area contributed by atoms with Gasteiger partial charge in [-0.25, -0.2) is 4.98 Å². The highest BCUT2D eigenvalue weighted by molar-refractivity contribution is 7.09. The Morgan fingerprint density at radius 2 is 2.19 bits per heavy atom. The van der Waals surface area contributed by atoms with Gasteiger partial charge in [0.25, 0.3) is 0 Å². The average Bonchev–Trinajstić information content (AvgIpc) is 2.68. The van der Waals surface area contributed by atoms with Gasteiger partial charge in [0, 0.05) is 18.0 Å². The van der Waals surface area contributed by atoms with Crippen molar-refractivity contribution >= 4 is 11.3 Å². The molecule has 1 aromatic rings. The zero-order valence-electron chi connectivity index (χ0n) is 10.8. The lowest BCUT2D eigenvalue weighted by atomic mass is 10.1. The number of hydrogen-bond acceptors (Lipinski definition) is 3. The van der Waals surface area contributed by atoms with Crippen molar-refractivity contribution in [3.8, 4) is 0 Å². The van der Waals surface area contributed by atoms with Crippen LogP contribution in [0.5, 0.6) is 0 Å². The van der Waals surface area contributed by atoms with Crippen molar-refractivity contribution in [2.24, 2.45) is 0 Å². The second kappa shape index (κ2) is 7.80. The molecule has 0 aliphatic carbocycles. The summed E-state index contributed by atoms with van der Waals surface area (Å²) in [4.78, 5) is 4.45. The fourth-order valence-corrected chi connectivity index (χ4v) is 2.36. The molecule has 16 heavy (non-hydrogen) atoms. The highest BCUT2D eigenvalue weighted by Crippen LogP contribution is 2.09. The maximum atomic E-state index is 4.45. The molecule has 0 radical (unpaired) electrons. The van der Waals surface area contributed by atoms with Crippen LogP contribution in [0.1, 0.15) is 56.7 Å². The first-order valence-electron chi connectivity index (χ1n) is 6.36. The smallest absolute Gasteiger partial charge is 0.0897 e. The van der Waals surface area contributed by atoms with Gasteiger partial charge < -0.3 is 5.32 Å². The molecule has 0 aliphatic rings. The van der Waals surface area contributed by atoms with Gasteiger partial charge in [-0.15, -0.1) is 11.3 Å². The van der Waals surface area contributed by atoms with E-state index in [2.05, 4.69) is 36.5 Å². The highest BCUT2D eigenvalue weighted by atomic mass is 32.1. The van der Waals surface area contributed by atoms with E-state index in [1.54, 1.807) is 11.3 Å². The lowest BCUT2D eigenvalue weighted by Gasteiger charge is -2.12. The first-order valence-corrected chi connectivity index (χ1v) is 7.24. The monoisotopic (exact) mass is 240 g/mol. The van der Waals surface area contributed by atoms with E-state index in [4.69, 9.17) is 0 Å². The number of unbranched alkanes of at least 4 members (excludes halogenated alkanes) is 3. The third-order valence-corrected chi connectivity index (χ3v) is 3.61. The predicted octanol–water partition coefficient (Wildman–Crippen LogP) is 3.90. The second-order valence-electron chi connectivity index (χ2n) is 4.49. The fourth-order valence-electron chi connectivity index (χ4n) is 1.75. The summed E-state index contributed by atoms with van der Waals surface area (Å²) < 4.78 is 0. The molecule has 1 N–H and O–H groups in total. The maximum Gasteiger partial charge on any atom is 0.0897 e. The van der Waals surface area contributed by atoms with Crippen molar-refractivity contribution in [1.29, 1.82) is 0 Å². The minimum Gasteiger partial charge on any atom is -0.309 e. The summed E-state index contributed by atoms with van der Waals surface area (Å²) in [6.45, 7) is 7.50. The van der Waals surface area contributed by atoms with Gasteiger partial charge in [-0.1, -0.05) is 32.6 Å². The van der Waals surface area contributed by atoms with E-state index in [9.17, 15) is 0 Å². The molecular weight excluding hydrogens is 216 g/mol. The van der Waals surface area contributed by atoms with Crippen LogP contribution in [0.3, 0.4) is 0 Å². The summed E-state index contributed by atoms with van der Waals surface area (Å²) in [5, 5.41) is 6.84. The van der Waals surface area contributed by atoms with Crippen molar-refractivity contribution in [2.75, 3.05) is 0 Å². The lowest BCUT2D eigenvalue weighted by molar-refractivity contribution is 0.480. The molecule has 0 spiro atoms. The van der Waals surface area contributed by atoms with E-state index < -0.39 is 0 Å². The molecule has 2 nitrogen and oxygen atoms in total. The molecule has 3 heteroatoms. The molecule has 1 heterocycles. The summed E-state index contributed by atoms with van der Waals surface area (Å²) in [7, 11) is 0. The van der Waals surface area contributed by atoms with Crippen LogP contribution in [-0.2, 0) is 6.54 Å². The number of rotatable bonds is 8. The standard InChI is InChI=1S/C13H24N2S/c1-4-5-6-7-8-11(2)14-9-13-10-16-12(3)15-13/h10-11,14H,4-9H2,1-3H3. The number of nitrogens with one attached hydrogen (secondary N) is 1. The second-order valence-corrected chi connectivity index (χ2v) is 5.55. The summed E-state index contributed by atoms with van der Waals surface area (Å²) in [5.41, 5.74) is 1.18. The van der Waals surface area contributed by atoms with E-state index in [1.165, 1.54) is 37.8 Å². The fraction of sp³-hybridized carbons (Fsp3) is 0.769. The summed E-state index contributed by atoms with van der Waals surface area (Å²) in [6.07, 6.45) is 6.69. The molecule has 0 bridgehead atoms. The highest BCUT2D eigenvalue weighted by Gasteiger charge is 2.03. The topological polar surface area (TPSA) is 24.9 Å². The van der Waals surface area contributed by atoms with Gasteiger partial charge in [-0.2, -0.15) is 0 Å². The zero-order chi connectivity index (χ0) is 11.8. The molecule has 0 saturated carbocycles. The third-order valence-electron chi connectivity index (χ3n) is 2.79. The van der Waals surface area contributed by atoms with Crippen LogP contribution in [0.15, 0.2) is 5.38 Å².